The average molecular weight is 228 g/mol. The third-order valence-electron chi connectivity index (χ3n) is 2.23. The number of aliphatic hydroxyl groups excluding tert-OH is 1. The van der Waals surface area contributed by atoms with Crippen LogP contribution >= 0.6 is 0 Å². The summed E-state index contributed by atoms with van der Waals surface area (Å²) in [7, 11) is 0. The summed E-state index contributed by atoms with van der Waals surface area (Å²) in [5.74, 6) is -1.91. The molecule has 0 saturated carbocycles. The first kappa shape index (κ1) is 10.8. The normalized spacial score (nSPS) is 16.1. The second-order valence-corrected chi connectivity index (χ2v) is 3.33. The molecule has 1 unspecified atom stereocenters. The van der Waals surface area contributed by atoms with E-state index >= 15 is 0 Å². The molecule has 1 aliphatic heterocycles. The topological polar surface area (TPSA) is 76.0 Å². The van der Waals surface area contributed by atoms with Crippen molar-refractivity contribution in [1.29, 1.82) is 0 Å². The smallest absolute Gasteiger partial charge is 0.337 e. The Balaban J connectivity index is 2.51. The second-order valence-electron chi connectivity index (χ2n) is 3.33. The first-order valence-corrected chi connectivity index (χ1v) is 4.53. The number of rotatable bonds is 2. The van der Waals surface area contributed by atoms with E-state index in [1.807, 2.05) is 0 Å². The van der Waals surface area contributed by atoms with Crippen LogP contribution < -0.4 is 4.74 Å². The molecule has 2 rings (SSSR count). The van der Waals surface area contributed by atoms with E-state index < -0.39 is 17.9 Å². The highest BCUT2D eigenvalue weighted by Crippen LogP contribution is 2.33. The lowest BCUT2D eigenvalue weighted by atomic mass is 10.0. The van der Waals surface area contributed by atoms with Gasteiger partial charge in [-0.25, -0.2) is 9.18 Å². The lowest BCUT2D eigenvalue weighted by molar-refractivity contribution is -0.147. The molecule has 0 aliphatic carbocycles. The van der Waals surface area contributed by atoms with Crippen molar-refractivity contribution in [1.82, 2.24) is 0 Å². The fourth-order valence-corrected chi connectivity index (χ4v) is 1.54. The minimum Gasteiger partial charge on any atom is -0.479 e. The third-order valence-corrected chi connectivity index (χ3v) is 2.23. The molecule has 2 N–H and O–H groups in total. The number of ether oxygens (including phenoxy) is 2. The fraction of sp³-hybridized carbons (Fsp3) is 0.300. The highest BCUT2D eigenvalue weighted by molar-refractivity contribution is 5.75. The van der Waals surface area contributed by atoms with E-state index in [1.54, 1.807) is 0 Å². The van der Waals surface area contributed by atoms with Crippen LogP contribution in [0.2, 0.25) is 0 Å². The molecule has 0 bridgehead atoms. The quantitative estimate of drug-likeness (QED) is 0.783. The van der Waals surface area contributed by atoms with Crippen LogP contribution in [-0.2, 0) is 16.1 Å². The number of benzene rings is 1. The lowest BCUT2D eigenvalue weighted by Crippen LogP contribution is -2.18. The summed E-state index contributed by atoms with van der Waals surface area (Å²) in [6.45, 7) is 0.0877. The zero-order valence-corrected chi connectivity index (χ0v) is 8.14. The molecular weight excluding hydrogens is 219 g/mol. The van der Waals surface area contributed by atoms with Gasteiger partial charge in [-0.05, 0) is 12.1 Å². The monoisotopic (exact) mass is 228 g/mol. The average Bonchev–Trinajstić information content (AvgIpc) is 2.26. The van der Waals surface area contributed by atoms with E-state index in [0.717, 1.165) is 6.07 Å². The largest absolute Gasteiger partial charge is 0.479 e. The van der Waals surface area contributed by atoms with Gasteiger partial charge >= 0.3 is 5.97 Å². The van der Waals surface area contributed by atoms with Crippen molar-refractivity contribution in [3.05, 3.63) is 29.1 Å². The molecule has 0 amide bonds. The van der Waals surface area contributed by atoms with E-state index in [1.165, 1.54) is 6.07 Å². The van der Waals surface area contributed by atoms with Crippen molar-refractivity contribution in [3.8, 4) is 5.75 Å². The Morgan fingerprint density at radius 2 is 2.25 bits per heavy atom. The van der Waals surface area contributed by atoms with Gasteiger partial charge in [-0.3, -0.25) is 0 Å². The van der Waals surface area contributed by atoms with Crippen molar-refractivity contribution in [2.24, 2.45) is 0 Å². The Labute approximate surface area is 90.0 Å². The Kier molecular flexibility index (Phi) is 2.76. The first-order valence-electron chi connectivity index (χ1n) is 4.53. The van der Waals surface area contributed by atoms with Crippen LogP contribution in [0.4, 0.5) is 4.39 Å². The van der Waals surface area contributed by atoms with Gasteiger partial charge in [-0.2, -0.15) is 0 Å². The van der Waals surface area contributed by atoms with Crippen molar-refractivity contribution in [3.63, 3.8) is 0 Å². The number of carboxylic acids is 1. The summed E-state index contributed by atoms with van der Waals surface area (Å²) in [6.07, 6.45) is -1.80. The molecule has 0 fully saturated rings. The number of aliphatic hydroxyl groups is 1. The van der Waals surface area contributed by atoms with E-state index in [0.29, 0.717) is 5.56 Å². The summed E-state index contributed by atoms with van der Waals surface area (Å²) >= 11 is 0. The van der Waals surface area contributed by atoms with Gasteiger partial charge in [0, 0.05) is 11.1 Å². The van der Waals surface area contributed by atoms with Crippen LogP contribution in [0.15, 0.2) is 12.1 Å². The Morgan fingerprint density at radius 3 is 2.94 bits per heavy atom. The van der Waals surface area contributed by atoms with Crippen LogP contribution in [0.5, 0.6) is 5.75 Å². The van der Waals surface area contributed by atoms with E-state index in [2.05, 4.69) is 0 Å². The maximum absolute atomic E-state index is 13.2. The zero-order chi connectivity index (χ0) is 11.7. The summed E-state index contributed by atoms with van der Waals surface area (Å²) < 4.78 is 23.2. The summed E-state index contributed by atoms with van der Waals surface area (Å²) in [4.78, 5) is 10.6. The van der Waals surface area contributed by atoms with Crippen molar-refractivity contribution in [2.75, 3.05) is 6.79 Å². The highest BCUT2D eigenvalue weighted by atomic mass is 19.1. The standard InChI is InChI=1S/C10H9FO5/c11-6-1-5-3-15-4-16-9(5)7(2-6)8(12)10(13)14/h1-2,8,12H,3-4H2,(H,13,14). The van der Waals surface area contributed by atoms with Crippen LogP contribution in [0.25, 0.3) is 0 Å². The van der Waals surface area contributed by atoms with E-state index in [4.69, 9.17) is 14.6 Å². The van der Waals surface area contributed by atoms with E-state index in [9.17, 15) is 14.3 Å². The molecule has 0 saturated heterocycles. The van der Waals surface area contributed by atoms with Crippen LogP contribution in [0, 0.1) is 5.82 Å². The Hall–Kier alpha value is -1.66. The predicted molar refractivity (Wildman–Crippen MR) is 49.3 cm³/mol. The molecule has 6 heteroatoms. The van der Waals surface area contributed by atoms with Gasteiger partial charge in [0.05, 0.1) is 6.61 Å². The van der Waals surface area contributed by atoms with Gasteiger partial charge in [0.25, 0.3) is 0 Å². The number of carboxylic acid groups (broad SMARTS) is 1. The van der Waals surface area contributed by atoms with Gasteiger partial charge in [-0.15, -0.1) is 0 Å². The van der Waals surface area contributed by atoms with Crippen LogP contribution in [0.3, 0.4) is 0 Å². The number of hydrogen-bond acceptors (Lipinski definition) is 4. The third kappa shape index (κ3) is 1.84. The Bertz CT molecular complexity index is 431. The summed E-state index contributed by atoms with van der Waals surface area (Å²) in [5, 5.41) is 18.1. The lowest BCUT2D eigenvalue weighted by Gasteiger charge is -2.21. The van der Waals surface area contributed by atoms with Gasteiger partial charge in [0.2, 0.25) is 0 Å². The van der Waals surface area contributed by atoms with Gasteiger partial charge in [0.15, 0.2) is 12.9 Å². The molecule has 1 aliphatic rings. The van der Waals surface area contributed by atoms with E-state index in [-0.39, 0.29) is 24.7 Å². The Morgan fingerprint density at radius 1 is 1.50 bits per heavy atom. The minimum atomic E-state index is -1.80. The van der Waals surface area contributed by atoms with Gasteiger partial charge in [-0.1, -0.05) is 0 Å². The zero-order valence-electron chi connectivity index (χ0n) is 8.14. The van der Waals surface area contributed by atoms with Crippen LogP contribution in [-0.4, -0.2) is 23.0 Å². The second kappa shape index (κ2) is 4.07. The number of aliphatic carboxylic acids is 1. The van der Waals surface area contributed by atoms with Gasteiger partial charge in [0.1, 0.15) is 11.6 Å². The number of hydrogen-bond donors (Lipinski definition) is 2. The summed E-state index contributed by atoms with van der Waals surface area (Å²) in [6, 6.07) is 2.13. The van der Waals surface area contributed by atoms with Crippen molar-refractivity contribution >= 4 is 5.97 Å². The SMILES string of the molecule is O=C(O)C(O)c1cc(F)cc2c1OCOC2. The molecule has 1 aromatic rings. The fourth-order valence-electron chi connectivity index (χ4n) is 1.54. The molecule has 0 spiro atoms. The maximum atomic E-state index is 13.2. The molecular formula is C10H9FO5. The minimum absolute atomic E-state index is 0.0437. The van der Waals surface area contributed by atoms with Gasteiger partial charge < -0.3 is 19.7 Å². The molecule has 86 valence electrons. The molecule has 0 aromatic heterocycles. The first-order chi connectivity index (χ1) is 7.59. The van der Waals surface area contributed by atoms with Crippen molar-refractivity contribution < 1.29 is 28.9 Å². The molecule has 1 aromatic carbocycles. The number of carbonyl (C=O) groups is 1. The molecule has 0 radical (unpaired) electrons. The molecule has 1 heterocycles. The molecule has 16 heavy (non-hydrogen) atoms. The maximum Gasteiger partial charge on any atom is 0.337 e. The summed E-state index contributed by atoms with van der Waals surface area (Å²) in [5.41, 5.74) is 0.298. The predicted octanol–water partition coefficient (Wildman–Crippen LogP) is 0.810. The molecule has 5 nitrogen and oxygen atoms in total. The number of fused-ring (bicyclic) bond motifs is 1. The highest BCUT2D eigenvalue weighted by Gasteiger charge is 2.25. The van der Waals surface area contributed by atoms with Crippen molar-refractivity contribution in [2.45, 2.75) is 12.7 Å². The number of halogens is 1. The van der Waals surface area contributed by atoms with Crippen LogP contribution in [0.1, 0.15) is 17.2 Å². The molecule has 1 atom stereocenters.